The van der Waals surface area contributed by atoms with Crippen molar-refractivity contribution in [2.24, 2.45) is 0 Å². The summed E-state index contributed by atoms with van der Waals surface area (Å²) >= 11 is 0. The van der Waals surface area contributed by atoms with Crippen LogP contribution in [0.2, 0.25) is 0 Å². The molecule has 2 aromatic heterocycles. The number of ether oxygens (including phenoxy) is 1. The van der Waals surface area contributed by atoms with E-state index in [1.54, 1.807) is 48.9 Å². The van der Waals surface area contributed by atoms with Crippen LogP contribution in [0.15, 0.2) is 73.2 Å². The molecule has 0 fully saturated rings. The number of hydrogen-bond acceptors (Lipinski definition) is 5. The van der Waals surface area contributed by atoms with Crippen molar-refractivity contribution in [3.63, 3.8) is 0 Å². The monoisotopic (exact) mass is 394 g/mol. The minimum Gasteiger partial charge on any atom is -0.456 e. The van der Waals surface area contributed by atoms with Crippen molar-refractivity contribution in [2.45, 2.75) is 13.5 Å². The van der Waals surface area contributed by atoms with E-state index in [0.29, 0.717) is 34.7 Å². The number of rotatable bonds is 5. The van der Waals surface area contributed by atoms with Crippen LogP contribution in [0.5, 0.6) is 11.5 Å². The highest BCUT2D eigenvalue weighted by Gasteiger charge is 2.14. The molecule has 2 aromatic carbocycles. The molecule has 2 heterocycles. The molecule has 0 aliphatic rings. The maximum Gasteiger partial charge on any atom is 0.251 e. The quantitative estimate of drug-likeness (QED) is 0.537. The molecule has 0 radical (unpaired) electrons. The number of nitriles is 1. The summed E-state index contributed by atoms with van der Waals surface area (Å²) in [6.07, 6.45) is 5.03. The summed E-state index contributed by atoms with van der Waals surface area (Å²) in [6.45, 7) is 2.27. The highest BCUT2D eigenvalue weighted by Crippen LogP contribution is 2.32. The summed E-state index contributed by atoms with van der Waals surface area (Å²) in [5, 5.41) is 12.8. The first-order chi connectivity index (χ1) is 14.7. The number of amides is 1. The SMILES string of the molecule is Cc1c(Oc2ccnc3cc(C#N)ccc23)cccc1C(=O)NCc1ccncc1. The van der Waals surface area contributed by atoms with E-state index in [1.807, 2.05) is 31.2 Å². The first-order valence-corrected chi connectivity index (χ1v) is 9.39. The number of nitrogens with zero attached hydrogens (tertiary/aromatic N) is 3. The van der Waals surface area contributed by atoms with Crippen LogP contribution >= 0.6 is 0 Å². The number of carbonyl (C=O) groups is 1. The van der Waals surface area contributed by atoms with Gasteiger partial charge in [0.15, 0.2) is 0 Å². The van der Waals surface area contributed by atoms with E-state index in [0.717, 1.165) is 16.5 Å². The molecule has 1 amide bonds. The fourth-order valence-corrected chi connectivity index (χ4v) is 3.15. The molecule has 4 rings (SSSR count). The number of nitrogens with one attached hydrogen (secondary N) is 1. The third-order valence-corrected chi connectivity index (χ3v) is 4.78. The zero-order chi connectivity index (χ0) is 20.9. The van der Waals surface area contributed by atoms with E-state index in [4.69, 9.17) is 10.00 Å². The Morgan fingerprint density at radius 3 is 2.70 bits per heavy atom. The van der Waals surface area contributed by atoms with Crippen LogP contribution in [0, 0.1) is 18.3 Å². The maximum absolute atomic E-state index is 12.7. The number of benzene rings is 2. The van der Waals surface area contributed by atoms with Crippen LogP contribution in [-0.2, 0) is 6.54 Å². The first-order valence-electron chi connectivity index (χ1n) is 9.39. The van der Waals surface area contributed by atoms with Crippen molar-refractivity contribution in [2.75, 3.05) is 0 Å². The third-order valence-electron chi connectivity index (χ3n) is 4.78. The van der Waals surface area contributed by atoms with E-state index >= 15 is 0 Å². The highest BCUT2D eigenvalue weighted by molar-refractivity contribution is 5.96. The second-order valence-electron chi connectivity index (χ2n) is 6.72. The Morgan fingerprint density at radius 2 is 1.90 bits per heavy atom. The molecule has 0 bridgehead atoms. The topological polar surface area (TPSA) is 87.9 Å². The molecule has 0 unspecified atom stereocenters. The van der Waals surface area contributed by atoms with E-state index in [1.165, 1.54) is 0 Å². The average Bonchev–Trinajstić information content (AvgIpc) is 2.79. The molecule has 0 saturated carbocycles. The molecule has 0 aliphatic heterocycles. The fraction of sp³-hybridized carbons (Fsp3) is 0.0833. The average molecular weight is 394 g/mol. The van der Waals surface area contributed by atoms with Crippen molar-refractivity contribution in [1.29, 1.82) is 5.26 Å². The molecule has 0 saturated heterocycles. The van der Waals surface area contributed by atoms with Crippen LogP contribution in [0.3, 0.4) is 0 Å². The van der Waals surface area contributed by atoms with Gasteiger partial charge in [-0.2, -0.15) is 5.26 Å². The lowest BCUT2D eigenvalue weighted by atomic mass is 10.1. The van der Waals surface area contributed by atoms with Crippen molar-refractivity contribution in [1.82, 2.24) is 15.3 Å². The van der Waals surface area contributed by atoms with Gasteiger partial charge in [0.2, 0.25) is 0 Å². The molecule has 6 heteroatoms. The van der Waals surface area contributed by atoms with Crippen molar-refractivity contribution in [3.8, 4) is 17.6 Å². The highest BCUT2D eigenvalue weighted by atomic mass is 16.5. The first kappa shape index (κ1) is 19.1. The summed E-state index contributed by atoms with van der Waals surface area (Å²) < 4.78 is 6.14. The van der Waals surface area contributed by atoms with Crippen LogP contribution < -0.4 is 10.1 Å². The maximum atomic E-state index is 12.7. The predicted octanol–water partition coefficient (Wildman–Crippen LogP) is 4.53. The summed E-state index contributed by atoms with van der Waals surface area (Å²) in [5.74, 6) is 1.03. The summed E-state index contributed by atoms with van der Waals surface area (Å²) in [6, 6.07) is 18.3. The number of pyridine rings is 2. The molecule has 30 heavy (non-hydrogen) atoms. The Kier molecular flexibility index (Phi) is 5.35. The van der Waals surface area contributed by atoms with Gasteiger partial charge in [-0.25, -0.2) is 0 Å². The van der Waals surface area contributed by atoms with Gasteiger partial charge < -0.3 is 10.1 Å². The van der Waals surface area contributed by atoms with Crippen LogP contribution in [-0.4, -0.2) is 15.9 Å². The van der Waals surface area contributed by atoms with E-state index in [2.05, 4.69) is 21.4 Å². The summed E-state index contributed by atoms with van der Waals surface area (Å²) in [7, 11) is 0. The van der Waals surface area contributed by atoms with Crippen LogP contribution in [0.25, 0.3) is 10.9 Å². The number of hydrogen-bond donors (Lipinski definition) is 1. The normalized spacial score (nSPS) is 10.4. The van der Waals surface area contributed by atoms with E-state index < -0.39 is 0 Å². The lowest BCUT2D eigenvalue weighted by Crippen LogP contribution is -2.23. The molecule has 4 aromatic rings. The number of carbonyl (C=O) groups excluding carboxylic acids is 1. The molecule has 0 spiro atoms. The summed E-state index contributed by atoms with van der Waals surface area (Å²) in [4.78, 5) is 21.0. The molecule has 146 valence electrons. The minimum absolute atomic E-state index is 0.173. The molecular weight excluding hydrogens is 376 g/mol. The Bertz CT molecular complexity index is 1260. The smallest absolute Gasteiger partial charge is 0.251 e. The van der Waals surface area contributed by atoms with Gasteiger partial charge >= 0.3 is 0 Å². The van der Waals surface area contributed by atoms with Gasteiger partial charge in [-0.15, -0.1) is 0 Å². The predicted molar refractivity (Wildman–Crippen MR) is 113 cm³/mol. The number of fused-ring (bicyclic) bond motifs is 1. The third kappa shape index (κ3) is 3.96. The van der Waals surface area contributed by atoms with Gasteiger partial charge in [-0.3, -0.25) is 14.8 Å². The Morgan fingerprint density at radius 1 is 1.07 bits per heavy atom. The largest absolute Gasteiger partial charge is 0.456 e. The van der Waals surface area contributed by atoms with Crippen molar-refractivity contribution >= 4 is 16.8 Å². The van der Waals surface area contributed by atoms with E-state index in [-0.39, 0.29) is 5.91 Å². The zero-order valence-corrected chi connectivity index (χ0v) is 16.3. The molecule has 0 aliphatic carbocycles. The number of aromatic nitrogens is 2. The second kappa shape index (κ2) is 8.41. The van der Waals surface area contributed by atoms with Crippen molar-refractivity contribution in [3.05, 3.63) is 95.4 Å². The minimum atomic E-state index is -0.173. The van der Waals surface area contributed by atoms with Gasteiger partial charge in [0.1, 0.15) is 11.5 Å². The van der Waals surface area contributed by atoms with Gasteiger partial charge in [0.05, 0.1) is 17.1 Å². The second-order valence-corrected chi connectivity index (χ2v) is 6.72. The Balaban J connectivity index is 1.58. The lowest BCUT2D eigenvalue weighted by Gasteiger charge is -2.14. The van der Waals surface area contributed by atoms with Gasteiger partial charge in [-0.05, 0) is 61.0 Å². The lowest BCUT2D eigenvalue weighted by molar-refractivity contribution is 0.0950. The molecular formula is C24H18N4O2. The molecule has 6 nitrogen and oxygen atoms in total. The Hall–Kier alpha value is -4.24. The van der Waals surface area contributed by atoms with Crippen LogP contribution in [0.1, 0.15) is 27.0 Å². The van der Waals surface area contributed by atoms with E-state index in [9.17, 15) is 4.79 Å². The standard InChI is InChI=1S/C24H18N4O2/c1-16-19(24(29)28-15-17-7-10-26-11-8-17)3-2-4-22(16)30-23-9-12-27-21-13-18(14-25)5-6-20(21)23/h2-13H,15H2,1H3,(H,28,29). The zero-order valence-electron chi connectivity index (χ0n) is 16.3. The van der Waals surface area contributed by atoms with Crippen LogP contribution in [0.4, 0.5) is 0 Å². The van der Waals surface area contributed by atoms with Crippen molar-refractivity contribution < 1.29 is 9.53 Å². The summed E-state index contributed by atoms with van der Waals surface area (Å²) in [5.41, 5.74) is 3.48. The fourth-order valence-electron chi connectivity index (χ4n) is 3.15. The van der Waals surface area contributed by atoms with Gasteiger partial charge in [0, 0.05) is 41.6 Å². The Labute approximate surface area is 173 Å². The van der Waals surface area contributed by atoms with Gasteiger partial charge in [0.25, 0.3) is 5.91 Å². The van der Waals surface area contributed by atoms with Gasteiger partial charge in [-0.1, -0.05) is 6.07 Å². The molecule has 0 atom stereocenters. The molecule has 1 N–H and O–H groups in total.